The van der Waals surface area contributed by atoms with Crippen molar-refractivity contribution in [1.82, 2.24) is 0 Å². The Balaban J connectivity index is 1.75. The van der Waals surface area contributed by atoms with Gasteiger partial charge in [-0.3, -0.25) is 0 Å². The van der Waals surface area contributed by atoms with E-state index in [-0.39, 0.29) is 6.04 Å². The molecule has 0 saturated heterocycles. The molecule has 3 heteroatoms. The SMILES string of the molecule is NC(CC1Cc2ccccc21)c1ccc(Br)cc1Br. The van der Waals surface area contributed by atoms with Crippen LogP contribution in [0.25, 0.3) is 0 Å². The van der Waals surface area contributed by atoms with E-state index < -0.39 is 0 Å². The summed E-state index contributed by atoms with van der Waals surface area (Å²) in [7, 11) is 0. The van der Waals surface area contributed by atoms with Gasteiger partial charge < -0.3 is 5.73 Å². The topological polar surface area (TPSA) is 26.0 Å². The average molecular weight is 381 g/mol. The molecule has 2 aromatic carbocycles. The van der Waals surface area contributed by atoms with Crippen molar-refractivity contribution in [1.29, 1.82) is 0 Å². The van der Waals surface area contributed by atoms with Gasteiger partial charge in [0, 0.05) is 15.0 Å². The first kappa shape index (κ1) is 13.3. The smallest absolute Gasteiger partial charge is 0.0312 e. The Hall–Kier alpha value is -0.640. The van der Waals surface area contributed by atoms with Crippen LogP contribution in [-0.2, 0) is 6.42 Å². The lowest BCUT2D eigenvalue weighted by Gasteiger charge is -2.32. The van der Waals surface area contributed by atoms with Crippen molar-refractivity contribution in [2.45, 2.75) is 24.8 Å². The molecule has 0 saturated carbocycles. The maximum atomic E-state index is 6.37. The molecule has 2 N–H and O–H groups in total. The zero-order chi connectivity index (χ0) is 13.4. The molecule has 2 unspecified atom stereocenters. The lowest BCUT2D eigenvalue weighted by atomic mass is 9.74. The molecule has 0 heterocycles. The minimum absolute atomic E-state index is 0.0841. The molecule has 0 bridgehead atoms. The molecular weight excluding hydrogens is 366 g/mol. The molecule has 19 heavy (non-hydrogen) atoms. The van der Waals surface area contributed by atoms with Crippen molar-refractivity contribution >= 4 is 31.9 Å². The van der Waals surface area contributed by atoms with E-state index in [1.54, 1.807) is 0 Å². The molecule has 0 aliphatic heterocycles. The van der Waals surface area contributed by atoms with E-state index in [1.807, 2.05) is 0 Å². The minimum Gasteiger partial charge on any atom is -0.324 e. The fourth-order valence-corrected chi connectivity index (χ4v) is 4.15. The monoisotopic (exact) mass is 379 g/mol. The molecule has 2 aromatic rings. The molecule has 3 rings (SSSR count). The number of hydrogen-bond acceptors (Lipinski definition) is 1. The van der Waals surface area contributed by atoms with Crippen LogP contribution >= 0.6 is 31.9 Å². The van der Waals surface area contributed by atoms with Gasteiger partial charge in [0.2, 0.25) is 0 Å². The zero-order valence-electron chi connectivity index (χ0n) is 10.4. The Bertz CT molecular complexity index is 609. The molecule has 0 spiro atoms. The van der Waals surface area contributed by atoms with Crippen molar-refractivity contribution in [2.24, 2.45) is 5.73 Å². The second kappa shape index (κ2) is 5.39. The number of rotatable bonds is 3. The first-order valence-corrected chi connectivity index (χ1v) is 8.02. The number of hydrogen-bond donors (Lipinski definition) is 1. The predicted molar refractivity (Wildman–Crippen MR) is 86.3 cm³/mol. The number of fused-ring (bicyclic) bond motifs is 1. The quantitative estimate of drug-likeness (QED) is 0.801. The molecule has 0 amide bonds. The van der Waals surface area contributed by atoms with Crippen LogP contribution in [0.2, 0.25) is 0 Å². The number of halogens is 2. The lowest BCUT2D eigenvalue weighted by Crippen LogP contribution is -2.23. The highest BCUT2D eigenvalue weighted by Gasteiger charge is 2.27. The van der Waals surface area contributed by atoms with Gasteiger partial charge in [-0.05, 0) is 47.6 Å². The van der Waals surface area contributed by atoms with Gasteiger partial charge >= 0.3 is 0 Å². The van der Waals surface area contributed by atoms with Crippen molar-refractivity contribution < 1.29 is 0 Å². The molecule has 1 nitrogen and oxygen atoms in total. The second-order valence-electron chi connectivity index (χ2n) is 5.11. The molecular formula is C16H15Br2N. The van der Waals surface area contributed by atoms with Gasteiger partial charge in [0.25, 0.3) is 0 Å². The molecule has 1 aliphatic rings. The van der Waals surface area contributed by atoms with Crippen LogP contribution in [-0.4, -0.2) is 0 Å². The Morgan fingerprint density at radius 3 is 2.68 bits per heavy atom. The molecule has 0 aromatic heterocycles. The van der Waals surface area contributed by atoms with Crippen LogP contribution < -0.4 is 5.73 Å². The minimum atomic E-state index is 0.0841. The van der Waals surface area contributed by atoms with E-state index in [4.69, 9.17) is 5.73 Å². The summed E-state index contributed by atoms with van der Waals surface area (Å²) in [5.74, 6) is 0.613. The first-order valence-electron chi connectivity index (χ1n) is 6.43. The van der Waals surface area contributed by atoms with Crippen molar-refractivity contribution in [2.75, 3.05) is 0 Å². The fraction of sp³-hybridized carbons (Fsp3) is 0.250. The van der Waals surface area contributed by atoms with Crippen molar-refractivity contribution in [3.05, 3.63) is 68.1 Å². The first-order chi connectivity index (χ1) is 9.15. The number of benzene rings is 2. The maximum Gasteiger partial charge on any atom is 0.0312 e. The second-order valence-corrected chi connectivity index (χ2v) is 6.88. The number of nitrogens with two attached hydrogens (primary N) is 1. The van der Waals surface area contributed by atoms with E-state index in [9.17, 15) is 0 Å². The van der Waals surface area contributed by atoms with Crippen LogP contribution in [0.4, 0.5) is 0 Å². The van der Waals surface area contributed by atoms with Gasteiger partial charge in [0.1, 0.15) is 0 Å². The average Bonchev–Trinajstić information content (AvgIpc) is 2.35. The molecule has 98 valence electrons. The normalized spacial score (nSPS) is 18.6. The van der Waals surface area contributed by atoms with Gasteiger partial charge in [0.15, 0.2) is 0 Å². The van der Waals surface area contributed by atoms with E-state index >= 15 is 0 Å². The Morgan fingerprint density at radius 1 is 1.16 bits per heavy atom. The third-order valence-electron chi connectivity index (χ3n) is 3.86. The largest absolute Gasteiger partial charge is 0.324 e. The third kappa shape index (κ3) is 2.64. The standard InChI is InChI=1S/C16H15Br2N/c17-12-5-6-14(15(18)9-12)16(19)8-11-7-10-3-1-2-4-13(10)11/h1-6,9,11,16H,7-8,19H2. The summed E-state index contributed by atoms with van der Waals surface area (Å²) < 4.78 is 2.16. The van der Waals surface area contributed by atoms with Crippen molar-refractivity contribution in [3.8, 4) is 0 Å². The zero-order valence-corrected chi connectivity index (χ0v) is 13.6. The summed E-state index contributed by atoms with van der Waals surface area (Å²) in [4.78, 5) is 0. The van der Waals surface area contributed by atoms with Crippen LogP contribution in [0, 0.1) is 0 Å². The van der Waals surface area contributed by atoms with Crippen molar-refractivity contribution in [3.63, 3.8) is 0 Å². The van der Waals surface area contributed by atoms with E-state index in [2.05, 4.69) is 74.3 Å². The Kier molecular flexibility index (Phi) is 3.79. The third-order valence-corrected chi connectivity index (χ3v) is 5.04. The lowest BCUT2D eigenvalue weighted by molar-refractivity contribution is 0.497. The summed E-state index contributed by atoms with van der Waals surface area (Å²) in [6.07, 6.45) is 2.18. The van der Waals surface area contributed by atoms with Gasteiger partial charge in [-0.1, -0.05) is 62.2 Å². The predicted octanol–water partition coefficient (Wildman–Crippen LogP) is 4.94. The van der Waals surface area contributed by atoms with Gasteiger partial charge in [0.05, 0.1) is 0 Å². The van der Waals surface area contributed by atoms with Crippen LogP contribution in [0.15, 0.2) is 51.4 Å². The molecule has 1 aliphatic carbocycles. The molecule has 0 radical (unpaired) electrons. The summed E-state index contributed by atoms with van der Waals surface area (Å²) in [6.45, 7) is 0. The van der Waals surface area contributed by atoms with Gasteiger partial charge in [-0.2, -0.15) is 0 Å². The summed E-state index contributed by atoms with van der Waals surface area (Å²) in [5, 5.41) is 0. The molecule has 0 fully saturated rings. The van der Waals surface area contributed by atoms with Gasteiger partial charge in [-0.25, -0.2) is 0 Å². The van der Waals surface area contributed by atoms with E-state index in [1.165, 1.54) is 16.7 Å². The summed E-state index contributed by atoms with van der Waals surface area (Å²) in [6, 6.07) is 15.0. The Labute approximate surface area is 130 Å². The highest BCUT2D eigenvalue weighted by Crippen LogP contribution is 2.41. The highest BCUT2D eigenvalue weighted by atomic mass is 79.9. The van der Waals surface area contributed by atoms with Gasteiger partial charge in [-0.15, -0.1) is 0 Å². The highest BCUT2D eigenvalue weighted by molar-refractivity contribution is 9.11. The fourth-order valence-electron chi connectivity index (χ4n) is 2.81. The van der Waals surface area contributed by atoms with Crippen LogP contribution in [0.3, 0.4) is 0 Å². The Morgan fingerprint density at radius 2 is 1.95 bits per heavy atom. The maximum absolute atomic E-state index is 6.37. The summed E-state index contributed by atoms with van der Waals surface area (Å²) >= 11 is 7.07. The summed E-state index contributed by atoms with van der Waals surface area (Å²) in [5.41, 5.74) is 10.5. The van der Waals surface area contributed by atoms with E-state index in [0.29, 0.717) is 5.92 Å². The molecule has 2 atom stereocenters. The van der Waals surface area contributed by atoms with Crippen LogP contribution in [0.1, 0.15) is 35.1 Å². The van der Waals surface area contributed by atoms with E-state index in [0.717, 1.165) is 21.8 Å². The van der Waals surface area contributed by atoms with Crippen LogP contribution in [0.5, 0.6) is 0 Å².